The van der Waals surface area contributed by atoms with Crippen LogP contribution in [0.25, 0.3) is 55.3 Å². The van der Waals surface area contributed by atoms with E-state index in [1.54, 1.807) is 0 Å². The molecule has 0 radical (unpaired) electrons. The molecule has 12 aromatic carbocycles. The highest BCUT2D eigenvalue weighted by atomic mass is 16.5. The molecule has 4 aliphatic rings. The van der Waals surface area contributed by atoms with Gasteiger partial charge in [-0.1, -0.05) is 206 Å². The van der Waals surface area contributed by atoms with Gasteiger partial charge >= 0.3 is 0 Å². The van der Waals surface area contributed by atoms with Crippen molar-refractivity contribution in [2.45, 2.75) is 10.8 Å². The highest BCUT2D eigenvalue weighted by Crippen LogP contribution is 2.65. The number of benzene rings is 12. The molecule has 0 aromatic heterocycles. The number of nitrogens with zero attached hydrogens (tertiary/aromatic N) is 1. The molecule has 16 rings (SSSR count). The van der Waals surface area contributed by atoms with Crippen molar-refractivity contribution in [3.05, 3.63) is 317 Å². The van der Waals surface area contributed by atoms with Gasteiger partial charge in [0.05, 0.1) is 16.5 Å². The third kappa shape index (κ3) is 5.81. The second-order valence-electron chi connectivity index (χ2n) is 20.2. The van der Waals surface area contributed by atoms with Gasteiger partial charge < -0.3 is 14.4 Å². The minimum Gasteiger partial charge on any atom is -0.457 e. The van der Waals surface area contributed by atoms with Crippen LogP contribution in [0.3, 0.4) is 0 Å². The van der Waals surface area contributed by atoms with Gasteiger partial charge in [0.15, 0.2) is 0 Å². The van der Waals surface area contributed by atoms with Crippen molar-refractivity contribution in [3.8, 4) is 67.5 Å². The Morgan fingerprint density at radius 1 is 0.253 bits per heavy atom. The summed E-state index contributed by atoms with van der Waals surface area (Å²) in [6.45, 7) is 0. The molecule has 0 N–H and O–H groups in total. The number of hydrogen-bond donors (Lipinski definition) is 0. The summed E-state index contributed by atoms with van der Waals surface area (Å²) in [7, 11) is 0. The monoisotopic (exact) mass is 955 g/mol. The Morgan fingerprint density at radius 3 is 1.19 bits per heavy atom. The number of rotatable bonds is 5. The van der Waals surface area contributed by atoms with Gasteiger partial charge in [0.1, 0.15) is 23.0 Å². The summed E-state index contributed by atoms with van der Waals surface area (Å²) in [4.78, 5) is 2.49. The van der Waals surface area contributed by atoms with Gasteiger partial charge in [-0.05, 0) is 139 Å². The number of ether oxygens (including phenoxy) is 2. The van der Waals surface area contributed by atoms with Gasteiger partial charge in [0, 0.05) is 39.0 Å². The zero-order valence-corrected chi connectivity index (χ0v) is 40.7. The first-order valence-corrected chi connectivity index (χ1v) is 25.9. The summed E-state index contributed by atoms with van der Waals surface area (Å²) in [6, 6.07) is 100. The molecule has 0 fully saturated rings. The summed E-state index contributed by atoms with van der Waals surface area (Å²) >= 11 is 0. The third-order valence-corrected chi connectivity index (χ3v) is 16.6. The average molecular weight is 956 g/mol. The molecule has 2 heterocycles. The van der Waals surface area contributed by atoms with E-state index in [2.05, 4.69) is 278 Å². The molecule has 3 heteroatoms. The van der Waals surface area contributed by atoms with Crippen molar-refractivity contribution < 1.29 is 9.47 Å². The van der Waals surface area contributed by atoms with E-state index in [1.807, 2.05) is 0 Å². The lowest BCUT2D eigenvalue weighted by Gasteiger charge is -2.40. The average Bonchev–Trinajstić information content (AvgIpc) is 3.95. The van der Waals surface area contributed by atoms with Gasteiger partial charge in [-0.25, -0.2) is 0 Å². The smallest absolute Gasteiger partial charge is 0.132 e. The van der Waals surface area contributed by atoms with Crippen LogP contribution in [-0.2, 0) is 10.8 Å². The lowest BCUT2D eigenvalue weighted by Crippen LogP contribution is -2.32. The second kappa shape index (κ2) is 15.9. The fourth-order valence-electron chi connectivity index (χ4n) is 13.5. The molecule has 0 saturated carbocycles. The zero-order chi connectivity index (χ0) is 49.2. The van der Waals surface area contributed by atoms with Crippen molar-refractivity contribution in [3.63, 3.8) is 0 Å². The molecule has 2 aliphatic carbocycles. The Bertz CT molecular complexity index is 4220. The Kier molecular flexibility index (Phi) is 8.88. The van der Waals surface area contributed by atoms with Crippen molar-refractivity contribution in [2.75, 3.05) is 4.90 Å². The minimum absolute atomic E-state index is 0.614. The normalized spacial score (nSPS) is 14.0. The first kappa shape index (κ1) is 41.9. The van der Waals surface area contributed by atoms with Crippen molar-refractivity contribution in [1.29, 1.82) is 0 Å². The van der Waals surface area contributed by atoms with E-state index in [0.29, 0.717) is 0 Å². The molecule has 2 spiro atoms. The van der Waals surface area contributed by atoms with E-state index in [9.17, 15) is 0 Å². The molecule has 0 amide bonds. The number of hydrogen-bond acceptors (Lipinski definition) is 3. The fraction of sp³-hybridized carbons (Fsp3) is 0.0278. The van der Waals surface area contributed by atoms with E-state index >= 15 is 0 Å². The Morgan fingerprint density at radius 2 is 0.653 bits per heavy atom. The van der Waals surface area contributed by atoms with E-state index in [4.69, 9.17) is 9.47 Å². The van der Waals surface area contributed by atoms with E-state index in [0.717, 1.165) is 73.3 Å². The standard InChI is InChI=1S/C72H45NO2/c1-2-17-46(18-3-1)47-33-35-48(36-34-47)49-37-39-51(40-38-49)73(52-41-42-55-53-20-4-6-22-58(53)71(64(55)44-52)60-24-8-12-29-67(60)74-68-30-13-9-25-61(68)71)66-28-16-19-50-43-57-54-21-5-7-23-59(54)72(65(57)45-56(50)66)62-26-10-14-31-69(62)75-70-32-15-11-27-63(70)72/h1-45H. The maximum Gasteiger partial charge on any atom is 0.132 e. The maximum absolute atomic E-state index is 6.77. The quantitative estimate of drug-likeness (QED) is 0.172. The van der Waals surface area contributed by atoms with Gasteiger partial charge in [-0.2, -0.15) is 0 Å². The van der Waals surface area contributed by atoms with E-state index < -0.39 is 10.8 Å². The first-order chi connectivity index (χ1) is 37.2. The highest BCUT2D eigenvalue weighted by Gasteiger charge is 2.53. The van der Waals surface area contributed by atoms with Gasteiger partial charge in [0.25, 0.3) is 0 Å². The van der Waals surface area contributed by atoms with E-state index in [1.165, 1.54) is 66.6 Å². The van der Waals surface area contributed by atoms with Gasteiger partial charge in [0.2, 0.25) is 0 Å². The Hall–Kier alpha value is -9.70. The molecule has 0 unspecified atom stereocenters. The lowest BCUT2D eigenvalue weighted by molar-refractivity contribution is 0.436. The van der Waals surface area contributed by atoms with Gasteiger partial charge in [-0.3, -0.25) is 0 Å². The first-order valence-electron chi connectivity index (χ1n) is 25.9. The molecule has 75 heavy (non-hydrogen) atoms. The van der Waals surface area contributed by atoms with E-state index in [-0.39, 0.29) is 0 Å². The molecule has 2 aliphatic heterocycles. The maximum atomic E-state index is 6.77. The van der Waals surface area contributed by atoms with Crippen molar-refractivity contribution >= 4 is 27.8 Å². The molecule has 0 atom stereocenters. The molecule has 3 nitrogen and oxygen atoms in total. The Balaban J connectivity index is 0.945. The predicted molar refractivity (Wildman–Crippen MR) is 304 cm³/mol. The SMILES string of the molecule is c1ccc(-c2ccc(-c3ccc(N(c4ccc5c(c4)C4(c6ccccc6Oc6ccccc64)c4ccccc4-5)c4cccc5cc6c(cc45)C4(c5ccccc5Oc5ccccc54)c4ccccc4-6)cc3)cc2)cc1. The van der Waals surface area contributed by atoms with Crippen LogP contribution in [0.4, 0.5) is 17.1 Å². The van der Waals surface area contributed by atoms with Crippen LogP contribution in [0.2, 0.25) is 0 Å². The van der Waals surface area contributed by atoms with Crippen molar-refractivity contribution in [2.24, 2.45) is 0 Å². The third-order valence-electron chi connectivity index (χ3n) is 16.6. The summed E-state index contributed by atoms with van der Waals surface area (Å²) in [6.07, 6.45) is 0. The summed E-state index contributed by atoms with van der Waals surface area (Å²) in [5.41, 5.74) is 21.3. The molecule has 12 aromatic rings. The predicted octanol–water partition coefficient (Wildman–Crippen LogP) is 18.6. The zero-order valence-electron chi connectivity index (χ0n) is 40.7. The highest BCUT2D eigenvalue weighted by molar-refractivity contribution is 6.05. The van der Waals surface area contributed by atoms with Crippen LogP contribution < -0.4 is 14.4 Å². The lowest BCUT2D eigenvalue weighted by atomic mass is 9.66. The summed E-state index contributed by atoms with van der Waals surface area (Å²) < 4.78 is 13.5. The Labute approximate surface area is 435 Å². The minimum atomic E-state index is -0.629. The summed E-state index contributed by atoms with van der Waals surface area (Å²) in [5, 5.41) is 2.33. The van der Waals surface area contributed by atoms with Crippen LogP contribution in [0.1, 0.15) is 44.5 Å². The van der Waals surface area contributed by atoms with Crippen LogP contribution >= 0.6 is 0 Å². The molecular weight excluding hydrogens is 911 g/mol. The van der Waals surface area contributed by atoms with Gasteiger partial charge in [-0.15, -0.1) is 0 Å². The van der Waals surface area contributed by atoms with Crippen LogP contribution in [-0.4, -0.2) is 0 Å². The largest absolute Gasteiger partial charge is 0.457 e. The molecular formula is C72H45NO2. The van der Waals surface area contributed by atoms with Crippen LogP contribution in [0, 0.1) is 0 Å². The number of para-hydroxylation sites is 4. The van der Waals surface area contributed by atoms with Crippen LogP contribution in [0.5, 0.6) is 23.0 Å². The second-order valence-corrected chi connectivity index (χ2v) is 20.2. The molecule has 0 saturated heterocycles. The number of fused-ring (bicyclic) bond motifs is 19. The fourth-order valence-corrected chi connectivity index (χ4v) is 13.5. The molecule has 350 valence electrons. The number of anilines is 3. The van der Waals surface area contributed by atoms with Crippen LogP contribution in [0.15, 0.2) is 273 Å². The topological polar surface area (TPSA) is 21.7 Å². The molecule has 0 bridgehead atoms. The van der Waals surface area contributed by atoms with Crippen molar-refractivity contribution in [1.82, 2.24) is 0 Å². The summed E-state index contributed by atoms with van der Waals surface area (Å²) in [5.74, 6) is 3.52.